The Bertz CT molecular complexity index is 687. The second kappa shape index (κ2) is 3.75. The van der Waals surface area contributed by atoms with Gasteiger partial charge in [0, 0.05) is 17.2 Å². The lowest BCUT2D eigenvalue weighted by atomic mass is 9.77. The first-order valence-corrected chi connectivity index (χ1v) is 6.93. The van der Waals surface area contributed by atoms with E-state index in [1.165, 1.54) is 28.8 Å². The molecule has 0 fully saturated rings. The summed E-state index contributed by atoms with van der Waals surface area (Å²) in [6.07, 6.45) is 4.52. The molecule has 0 saturated carbocycles. The Morgan fingerprint density at radius 3 is 3.00 bits per heavy atom. The lowest BCUT2D eigenvalue weighted by Gasteiger charge is -2.29. The molecule has 1 heterocycles. The molecule has 4 rings (SSSR count). The second-order valence-electron chi connectivity index (χ2n) is 5.19. The Morgan fingerprint density at radius 2 is 2.11 bits per heavy atom. The minimum absolute atomic E-state index is 0.425. The molecule has 1 N–H and O–H groups in total. The van der Waals surface area contributed by atoms with Crippen LogP contribution in [-0.2, 0) is 19.3 Å². The molecule has 1 atom stereocenters. The van der Waals surface area contributed by atoms with Crippen LogP contribution < -0.4 is 0 Å². The van der Waals surface area contributed by atoms with Crippen molar-refractivity contribution in [1.29, 1.82) is 0 Å². The molecule has 2 aromatic rings. The normalized spacial score (nSPS) is 20.1. The standard InChI is InChI=1S/C15H14N2S/c18-15-11-6-3-7-13(11)16-14(17-15)12-8-9-4-1-2-5-10(9)12/h1-2,4-5,12H,3,6-8H2,(H,16,17,18). The van der Waals surface area contributed by atoms with Crippen molar-refractivity contribution in [3.63, 3.8) is 0 Å². The largest absolute Gasteiger partial charge is 0.346 e. The minimum atomic E-state index is 0.425. The summed E-state index contributed by atoms with van der Waals surface area (Å²) in [5, 5.41) is 0. The molecule has 0 spiro atoms. The first-order valence-electron chi connectivity index (χ1n) is 6.52. The number of nitrogens with zero attached hydrogens (tertiary/aromatic N) is 1. The average Bonchev–Trinajstić information content (AvgIpc) is 2.79. The summed E-state index contributed by atoms with van der Waals surface area (Å²) in [5.41, 5.74) is 5.47. The lowest BCUT2D eigenvalue weighted by molar-refractivity contribution is 0.652. The van der Waals surface area contributed by atoms with E-state index in [1.54, 1.807) is 0 Å². The van der Waals surface area contributed by atoms with Crippen LogP contribution in [0.15, 0.2) is 24.3 Å². The van der Waals surface area contributed by atoms with Crippen molar-refractivity contribution in [3.05, 3.63) is 57.1 Å². The average molecular weight is 254 g/mol. The minimum Gasteiger partial charge on any atom is -0.346 e. The molecule has 90 valence electrons. The lowest BCUT2D eigenvalue weighted by Crippen LogP contribution is -2.21. The Labute approximate surface area is 111 Å². The summed E-state index contributed by atoms with van der Waals surface area (Å²) in [6.45, 7) is 0. The number of aryl methyl sites for hydroxylation is 1. The van der Waals surface area contributed by atoms with Crippen LogP contribution in [-0.4, -0.2) is 9.97 Å². The van der Waals surface area contributed by atoms with E-state index in [1.807, 2.05) is 0 Å². The molecule has 0 saturated heterocycles. The predicted octanol–water partition coefficient (Wildman–Crippen LogP) is 3.32. The smallest absolute Gasteiger partial charge is 0.133 e. The predicted molar refractivity (Wildman–Crippen MR) is 73.4 cm³/mol. The summed E-state index contributed by atoms with van der Waals surface area (Å²) in [6, 6.07) is 8.61. The van der Waals surface area contributed by atoms with Gasteiger partial charge in [0.2, 0.25) is 0 Å². The van der Waals surface area contributed by atoms with Gasteiger partial charge in [0.05, 0.1) is 0 Å². The van der Waals surface area contributed by atoms with Gasteiger partial charge < -0.3 is 4.98 Å². The van der Waals surface area contributed by atoms with E-state index in [2.05, 4.69) is 34.2 Å². The highest BCUT2D eigenvalue weighted by atomic mass is 32.1. The van der Waals surface area contributed by atoms with Crippen molar-refractivity contribution in [3.8, 4) is 0 Å². The molecule has 2 aliphatic carbocycles. The van der Waals surface area contributed by atoms with E-state index < -0.39 is 0 Å². The van der Waals surface area contributed by atoms with E-state index in [9.17, 15) is 0 Å². The maximum absolute atomic E-state index is 5.42. The molecule has 18 heavy (non-hydrogen) atoms. The Balaban J connectivity index is 1.80. The molecule has 1 unspecified atom stereocenters. The van der Waals surface area contributed by atoms with E-state index in [-0.39, 0.29) is 0 Å². The highest BCUT2D eigenvalue weighted by molar-refractivity contribution is 7.71. The number of aromatic amines is 1. The third-order valence-electron chi connectivity index (χ3n) is 4.16. The van der Waals surface area contributed by atoms with Crippen LogP contribution in [0, 0.1) is 4.64 Å². The number of nitrogens with one attached hydrogen (secondary N) is 1. The zero-order valence-electron chi connectivity index (χ0n) is 10.1. The number of H-pyrrole nitrogens is 1. The van der Waals surface area contributed by atoms with Crippen LogP contribution in [0.25, 0.3) is 0 Å². The van der Waals surface area contributed by atoms with Gasteiger partial charge in [0.15, 0.2) is 0 Å². The van der Waals surface area contributed by atoms with E-state index in [0.717, 1.165) is 29.7 Å². The molecule has 0 amide bonds. The van der Waals surface area contributed by atoms with Gasteiger partial charge in [0.25, 0.3) is 0 Å². The molecular weight excluding hydrogens is 240 g/mol. The van der Waals surface area contributed by atoms with Crippen molar-refractivity contribution in [2.75, 3.05) is 0 Å². The third kappa shape index (κ3) is 1.40. The highest BCUT2D eigenvalue weighted by Gasteiger charge is 2.29. The molecule has 2 aliphatic rings. The zero-order chi connectivity index (χ0) is 12.1. The molecule has 0 bridgehead atoms. The SMILES string of the molecule is S=c1nc(C2Cc3ccccc32)[nH]c2c1CCC2. The summed E-state index contributed by atoms with van der Waals surface area (Å²) < 4.78 is 0.820. The summed E-state index contributed by atoms with van der Waals surface area (Å²) in [7, 11) is 0. The first-order chi connectivity index (χ1) is 8.83. The van der Waals surface area contributed by atoms with Crippen molar-refractivity contribution >= 4 is 12.2 Å². The quantitative estimate of drug-likeness (QED) is 0.791. The van der Waals surface area contributed by atoms with Crippen LogP contribution in [0.3, 0.4) is 0 Å². The van der Waals surface area contributed by atoms with Gasteiger partial charge in [-0.25, -0.2) is 4.98 Å². The van der Waals surface area contributed by atoms with Crippen LogP contribution in [0.4, 0.5) is 0 Å². The fourth-order valence-electron chi connectivity index (χ4n) is 3.14. The Kier molecular flexibility index (Phi) is 2.18. The van der Waals surface area contributed by atoms with Crippen molar-refractivity contribution in [2.24, 2.45) is 0 Å². The number of aromatic nitrogens is 2. The number of fused-ring (bicyclic) bond motifs is 2. The van der Waals surface area contributed by atoms with Gasteiger partial charge in [-0.1, -0.05) is 36.5 Å². The van der Waals surface area contributed by atoms with Gasteiger partial charge in [-0.3, -0.25) is 0 Å². The van der Waals surface area contributed by atoms with Crippen LogP contribution in [0.2, 0.25) is 0 Å². The topological polar surface area (TPSA) is 28.7 Å². The third-order valence-corrected chi connectivity index (χ3v) is 4.50. The molecule has 2 nitrogen and oxygen atoms in total. The van der Waals surface area contributed by atoms with Gasteiger partial charge in [0.1, 0.15) is 10.5 Å². The van der Waals surface area contributed by atoms with Crippen molar-refractivity contribution < 1.29 is 0 Å². The zero-order valence-corrected chi connectivity index (χ0v) is 10.9. The van der Waals surface area contributed by atoms with Crippen molar-refractivity contribution in [2.45, 2.75) is 31.6 Å². The summed E-state index contributed by atoms with van der Waals surface area (Å²) >= 11 is 5.42. The first kappa shape index (κ1) is 10.4. The molecular formula is C15H14N2S. The van der Waals surface area contributed by atoms with E-state index >= 15 is 0 Å². The van der Waals surface area contributed by atoms with Gasteiger partial charge >= 0.3 is 0 Å². The molecule has 0 radical (unpaired) electrons. The molecule has 0 aliphatic heterocycles. The van der Waals surface area contributed by atoms with Gasteiger partial charge in [-0.05, 0) is 36.8 Å². The summed E-state index contributed by atoms with van der Waals surface area (Å²) in [5.74, 6) is 1.49. The van der Waals surface area contributed by atoms with Crippen LogP contribution >= 0.6 is 12.2 Å². The van der Waals surface area contributed by atoms with Gasteiger partial charge in [-0.15, -0.1) is 0 Å². The fraction of sp³-hybridized carbons (Fsp3) is 0.333. The van der Waals surface area contributed by atoms with E-state index in [4.69, 9.17) is 12.2 Å². The van der Waals surface area contributed by atoms with Crippen LogP contribution in [0.1, 0.15) is 40.5 Å². The number of hydrogen-bond donors (Lipinski definition) is 1. The highest BCUT2D eigenvalue weighted by Crippen LogP contribution is 2.38. The fourth-order valence-corrected chi connectivity index (χ4v) is 3.47. The molecule has 1 aromatic carbocycles. The maximum atomic E-state index is 5.42. The number of hydrogen-bond acceptors (Lipinski definition) is 2. The second-order valence-corrected chi connectivity index (χ2v) is 5.58. The van der Waals surface area contributed by atoms with Gasteiger partial charge in [-0.2, -0.15) is 0 Å². The maximum Gasteiger partial charge on any atom is 0.133 e. The number of benzene rings is 1. The Morgan fingerprint density at radius 1 is 1.22 bits per heavy atom. The molecule has 1 aromatic heterocycles. The number of rotatable bonds is 1. The summed E-state index contributed by atoms with van der Waals surface area (Å²) in [4.78, 5) is 8.16. The van der Waals surface area contributed by atoms with Crippen molar-refractivity contribution in [1.82, 2.24) is 9.97 Å². The van der Waals surface area contributed by atoms with Crippen LogP contribution in [0.5, 0.6) is 0 Å². The Hall–Kier alpha value is -1.48. The molecule has 3 heteroatoms. The van der Waals surface area contributed by atoms with E-state index in [0.29, 0.717) is 5.92 Å². The monoisotopic (exact) mass is 254 g/mol.